The molecule has 1 atom stereocenters. The van der Waals surface area contributed by atoms with Crippen molar-refractivity contribution in [1.82, 2.24) is 0 Å². The Labute approximate surface area is 159 Å². The highest BCUT2D eigenvalue weighted by Gasteiger charge is 2.10. The second kappa shape index (κ2) is 9.05. The van der Waals surface area contributed by atoms with E-state index in [4.69, 9.17) is 20.5 Å². The lowest BCUT2D eigenvalue weighted by atomic mass is 10.0. The third-order valence-corrected chi connectivity index (χ3v) is 4.57. The van der Waals surface area contributed by atoms with E-state index in [0.717, 1.165) is 23.8 Å². The van der Waals surface area contributed by atoms with Gasteiger partial charge in [-0.3, -0.25) is 4.79 Å². The van der Waals surface area contributed by atoms with Crippen LogP contribution in [-0.4, -0.2) is 32.4 Å². The maximum Gasteiger partial charge on any atom is 0.306 e. The molecule has 0 spiro atoms. The van der Waals surface area contributed by atoms with Gasteiger partial charge >= 0.3 is 10.1 Å². The highest BCUT2D eigenvalue weighted by molar-refractivity contribution is 7.86. The van der Waals surface area contributed by atoms with Gasteiger partial charge in [0.2, 0.25) is 0 Å². The normalized spacial score (nSPS) is 12.4. The standard InChI is InChI=1S/C19H21ClO5S/c1-14(21)19(20)13-16-5-3-15(4-6-16)11-12-24-17-7-9-18(10-8-17)25-26(2,22)23/h3-10,19H,11-13H2,1-2H3. The maximum atomic E-state index is 11.2. The second-order valence-electron chi connectivity index (χ2n) is 5.96. The van der Waals surface area contributed by atoms with E-state index in [9.17, 15) is 13.2 Å². The summed E-state index contributed by atoms with van der Waals surface area (Å²) in [5.41, 5.74) is 2.13. The molecule has 5 nitrogen and oxygen atoms in total. The third kappa shape index (κ3) is 7.06. The summed E-state index contributed by atoms with van der Waals surface area (Å²) < 4.78 is 32.5. The van der Waals surface area contributed by atoms with Crippen molar-refractivity contribution in [3.05, 3.63) is 59.7 Å². The highest BCUT2D eigenvalue weighted by atomic mass is 35.5. The summed E-state index contributed by atoms with van der Waals surface area (Å²) in [7, 11) is -3.53. The number of carbonyl (C=O) groups excluding carboxylic acids is 1. The van der Waals surface area contributed by atoms with Crippen molar-refractivity contribution in [3.63, 3.8) is 0 Å². The SMILES string of the molecule is CC(=O)C(Cl)Cc1ccc(CCOc2ccc(OS(C)(=O)=O)cc2)cc1. The molecule has 2 aromatic carbocycles. The molecule has 7 heteroatoms. The van der Waals surface area contributed by atoms with Crippen molar-refractivity contribution in [2.24, 2.45) is 0 Å². The lowest BCUT2D eigenvalue weighted by Crippen LogP contribution is -2.13. The molecule has 0 amide bonds. The predicted molar refractivity (Wildman–Crippen MR) is 102 cm³/mol. The summed E-state index contributed by atoms with van der Waals surface area (Å²) in [5.74, 6) is 0.851. The van der Waals surface area contributed by atoms with Crippen molar-refractivity contribution in [2.75, 3.05) is 12.9 Å². The van der Waals surface area contributed by atoms with Crippen LogP contribution in [-0.2, 0) is 27.8 Å². The number of halogens is 1. The Kier molecular flexibility index (Phi) is 7.06. The van der Waals surface area contributed by atoms with Gasteiger partial charge in [0, 0.05) is 6.42 Å². The van der Waals surface area contributed by atoms with Gasteiger partial charge in [0.25, 0.3) is 0 Å². The number of rotatable bonds is 9. The summed E-state index contributed by atoms with van der Waals surface area (Å²) in [5, 5.41) is -0.487. The van der Waals surface area contributed by atoms with Crippen LogP contribution in [0.5, 0.6) is 11.5 Å². The predicted octanol–water partition coefficient (Wildman–Crippen LogP) is 3.39. The number of benzene rings is 2. The number of carbonyl (C=O) groups is 1. The molecule has 0 bridgehead atoms. The van der Waals surface area contributed by atoms with Crippen LogP contribution in [0.2, 0.25) is 0 Å². The minimum absolute atomic E-state index is 0.0305. The molecule has 0 aliphatic carbocycles. The average Bonchev–Trinajstić information content (AvgIpc) is 2.56. The molecule has 0 radical (unpaired) electrons. The molecule has 0 heterocycles. The minimum atomic E-state index is -3.53. The van der Waals surface area contributed by atoms with Crippen LogP contribution in [0, 0.1) is 0 Å². The van der Waals surface area contributed by atoms with Gasteiger partial charge in [-0.15, -0.1) is 11.6 Å². The van der Waals surface area contributed by atoms with E-state index in [0.29, 0.717) is 18.8 Å². The first-order valence-corrected chi connectivity index (χ1v) is 10.3. The number of hydrogen-bond donors (Lipinski definition) is 0. The van der Waals surface area contributed by atoms with E-state index < -0.39 is 15.5 Å². The fourth-order valence-corrected chi connectivity index (χ4v) is 2.88. The van der Waals surface area contributed by atoms with Crippen molar-refractivity contribution in [3.8, 4) is 11.5 Å². The molecule has 2 aromatic rings. The van der Waals surface area contributed by atoms with Crippen LogP contribution in [0.25, 0.3) is 0 Å². The Morgan fingerprint density at radius 3 is 2.08 bits per heavy atom. The Balaban J connectivity index is 1.81. The first-order chi connectivity index (χ1) is 12.2. The van der Waals surface area contributed by atoms with Crippen molar-refractivity contribution < 1.29 is 22.1 Å². The Bertz CT molecular complexity index is 829. The molecule has 0 N–H and O–H groups in total. The zero-order valence-corrected chi connectivity index (χ0v) is 16.2. The molecule has 2 rings (SSSR count). The quantitative estimate of drug-likeness (QED) is 0.480. The molecule has 140 valence electrons. The van der Waals surface area contributed by atoms with Crippen LogP contribution in [0.1, 0.15) is 18.1 Å². The summed E-state index contributed by atoms with van der Waals surface area (Å²) in [6, 6.07) is 14.3. The number of hydrogen-bond acceptors (Lipinski definition) is 5. The van der Waals surface area contributed by atoms with E-state index in [-0.39, 0.29) is 11.5 Å². The molecule has 0 aromatic heterocycles. The molecule has 1 unspecified atom stereocenters. The third-order valence-electron chi connectivity index (χ3n) is 3.61. The summed E-state index contributed by atoms with van der Waals surface area (Å²) in [6.07, 6.45) is 2.24. The van der Waals surface area contributed by atoms with Gasteiger partial charge in [0.15, 0.2) is 0 Å². The van der Waals surface area contributed by atoms with Crippen molar-refractivity contribution >= 4 is 27.5 Å². The summed E-state index contributed by atoms with van der Waals surface area (Å²) >= 11 is 5.98. The Morgan fingerprint density at radius 1 is 1.00 bits per heavy atom. The van der Waals surface area contributed by atoms with Gasteiger partial charge in [-0.05, 0) is 48.7 Å². The second-order valence-corrected chi connectivity index (χ2v) is 8.06. The monoisotopic (exact) mass is 396 g/mol. The van der Waals surface area contributed by atoms with Crippen LogP contribution in [0.15, 0.2) is 48.5 Å². The van der Waals surface area contributed by atoms with Gasteiger partial charge in [-0.2, -0.15) is 8.42 Å². The molecule has 0 aliphatic heterocycles. The molecular weight excluding hydrogens is 376 g/mol. The first-order valence-electron chi connectivity index (χ1n) is 8.07. The summed E-state index contributed by atoms with van der Waals surface area (Å²) in [6.45, 7) is 1.97. The van der Waals surface area contributed by atoms with Gasteiger partial charge in [0.1, 0.15) is 17.3 Å². The number of Topliss-reactive ketones (excluding diaryl/α,β-unsaturated/α-hetero) is 1. The van der Waals surface area contributed by atoms with Crippen LogP contribution in [0.3, 0.4) is 0 Å². The zero-order valence-electron chi connectivity index (χ0n) is 14.6. The van der Waals surface area contributed by atoms with Crippen LogP contribution < -0.4 is 8.92 Å². The van der Waals surface area contributed by atoms with Crippen LogP contribution >= 0.6 is 11.6 Å². The van der Waals surface area contributed by atoms with E-state index in [2.05, 4.69) is 0 Å². The van der Waals surface area contributed by atoms with Crippen LogP contribution in [0.4, 0.5) is 0 Å². The lowest BCUT2D eigenvalue weighted by Gasteiger charge is -2.09. The highest BCUT2D eigenvalue weighted by Crippen LogP contribution is 2.19. The van der Waals surface area contributed by atoms with E-state index in [1.165, 1.54) is 6.92 Å². The number of ketones is 1. The Hall–Kier alpha value is -2.05. The van der Waals surface area contributed by atoms with Gasteiger partial charge in [-0.1, -0.05) is 24.3 Å². The van der Waals surface area contributed by atoms with Gasteiger partial charge in [-0.25, -0.2) is 0 Å². The number of ether oxygens (including phenoxy) is 1. The molecular formula is C19H21ClO5S. The largest absolute Gasteiger partial charge is 0.493 e. The smallest absolute Gasteiger partial charge is 0.306 e. The summed E-state index contributed by atoms with van der Waals surface area (Å²) in [4.78, 5) is 11.2. The molecule has 0 fully saturated rings. The lowest BCUT2D eigenvalue weighted by molar-refractivity contribution is -0.116. The maximum absolute atomic E-state index is 11.2. The minimum Gasteiger partial charge on any atom is -0.493 e. The fraction of sp³-hybridized carbons (Fsp3) is 0.316. The van der Waals surface area contributed by atoms with E-state index >= 15 is 0 Å². The molecule has 0 aliphatic rings. The van der Waals surface area contributed by atoms with E-state index in [1.807, 2.05) is 24.3 Å². The number of alkyl halides is 1. The molecule has 26 heavy (non-hydrogen) atoms. The average molecular weight is 397 g/mol. The van der Waals surface area contributed by atoms with E-state index in [1.54, 1.807) is 24.3 Å². The topological polar surface area (TPSA) is 69.7 Å². The fourth-order valence-electron chi connectivity index (χ4n) is 2.25. The Morgan fingerprint density at radius 2 is 1.54 bits per heavy atom. The zero-order chi connectivity index (χ0) is 19.2. The first kappa shape index (κ1) is 20.3. The molecule has 0 saturated heterocycles. The van der Waals surface area contributed by atoms with Gasteiger partial charge in [0.05, 0.1) is 18.2 Å². The van der Waals surface area contributed by atoms with Gasteiger partial charge < -0.3 is 8.92 Å². The van der Waals surface area contributed by atoms with Crippen molar-refractivity contribution in [1.29, 1.82) is 0 Å². The van der Waals surface area contributed by atoms with Crippen molar-refractivity contribution in [2.45, 2.75) is 25.1 Å². The molecule has 0 saturated carbocycles.